The number of Topliss-reactive ketones (excluding diaryl/α,β-unsaturated/α-hetero) is 1. The average molecular weight is 854 g/mol. The van der Waals surface area contributed by atoms with E-state index < -0.39 is 42.1 Å². The summed E-state index contributed by atoms with van der Waals surface area (Å²) in [6, 6.07) is 4.09. The predicted molar refractivity (Wildman–Crippen MR) is 233 cm³/mol. The molecule has 0 saturated carbocycles. The Morgan fingerprint density at radius 3 is 2.22 bits per heavy atom. The van der Waals surface area contributed by atoms with Crippen molar-refractivity contribution in [1.29, 1.82) is 0 Å². The van der Waals surface area contributed by atoms with Gasteiger partial charge in [0.25, 0.3) is 0 Å². The van der Waals surface area contributed by atoms with E-state index >= 15 is 0 Å². The first-order chi connectivity index (χ1) is 28.2. The van der Waals surface area contributed by atoms with Gasteiger partial charge in [0.2, 0.25) is 13.4 Å². The van der Waals surface area contributed by atoms with Crippen molar-refractivity contribution in [2.45, 2.75) is 170 Å². The summed E-state index contributed by atoms with van der Waals surface area (Å²) < 4.78 is 35.3. The number of benzene rings is 1. The Balaban J connectivity index is 1.46. The number of fused-ring (bicyclic) bond motifs is 1. The number of imidazole rings is 1. The molecular formula is C44H68N7O8P. The molecule has 0 aliphatic carbocycles. The molecule has 332 valence electrons. The third-order valence-electron chi connectivity index (χ3n) is 11.0. The van der Waals surface area contributed by atoms with Crippen LogP contribution in [0.5, 0.6) is 0 Å². The van der Waals surface area contributed by atoms with Gasteiger partial charge in [0, 0.05) is 12.8 Å². The number of ketones is 1. The number of hydrogen-bond acceptors (Lipinski definition) is 11. The van der Waals surface area contributed by atoms with Crippen molar-refractivity contribution in [3.8, 4) is 0 Å². The molecule has 3 aromatic rings. The van der Waals surface area contributed by atoms with Crippen LogP contribution in [-0.2, 0) is 56.3 Å². The minimum atomic E-state index is -3.68. The first-order valence-electron chi connectivity index (χ1n) is 21.4. The predicted octanol–water partition coefficient (Wildman–Crippen LogP) is 8.08. The molecule has 1 aromatic carbocycles. The number of unbranched alkanes of at least 4 members (excludes halogenated alkanes) is 6. The van der Waals surface area contributed by atoms with E-state index in [-0.39, 0.29) is 50.0 Å². The van der Waals surface area contributed by atoms with Crippen LogP contribution < -0.4 is 10.4 Å². The van der Waals surface area contributed by atoms with Gasteiger partial charge in [-0.2, -0.15) is 4.67 Å². The van der Waals surface area contributed by atoms with Gasteiger partial charge in [-0.15, -0.1) is 0 Å². The first-order valence-corrected chi connectivity index (χ1v) is 23.3. The van der Waals surface area contributed by atoms with E-state index in [1.165, 1.54) is 11.0 Å². The summed E-state index contributed by atoms with van der Waals surface area (Å²) in [5, 5.41) is 5.90. The van der Waals surface area contributed by atoms with E-state index in [0.717, 1.165) is 60.8 Å². The maximum Gasteiger partial charge on any atom is 0.342 e. The van der Waals surface area contributed by atoms with Crippen LogP contribution in [0.1, 0.15) is 142 Å². The number of esters is 2. The second-order valence-electron chi connectivity index (χ2n) is 17.7. The topological polar surface area (TPSA) is 184 Å². The van der Waals surface area contributed by atoms with Crippen molar-refractivity contribution in [3.63, 3.8) is 0 Å². The number of aryl methyl sites for hydroxylation is 2. The van der Waals surface area contributed by atoms with Crippen LogP contribution in [0, 0.1) is 13.8 Å². The molecule has 16 heteroatoms. The lowest BCUT2D eigenvalue weighted by Gasteiger charge is -2.59. The van der Waals surface area contributed by atoms with Crippen LogP contribution in [0.3, 0.4) is 0 Å². The fraction of sp³-hybridized carbons (Fsp3) is 0.659. The van der Waals surface area contributed by atoms with Crippen molar-refractivity contribution >= 4 is 48.1 Å². The molecule has 1 aliphatic heterocycles. The van der Waals surface area contributed by atoms with Crippen molar-refractivity contribution in [1.82, 2.24) is 29.3 Å². The number of aromatic nitrogens is 4. The van der Waals surface area contributed by atoms with Gasteiger partial charge >= 0.3 is 11.9 Å². The van der Waals surface area contributed by atoms with Gasteiger partial charge in [-0.3, -0.25) is 18.9 Å². The summed E-state index contributed by atoms with van der Waals surface area (Å²) in [6.07, 6.45) is 9.91. The second kappa shape index (κ2) is 20.7. The number of anilines is 1. The molecule has 4 rings (SSSR count). The molecule has 3 atom stereocenters. The zero-order valence-electron chi connectivity index (χ0n) is 37.7. The van der Waals surface area contributed by atoms with Crippen LogP contribution in [0.2, 0.25) is 0 Å². The second-order valence-corrected chi connectivity index (χ2v) is 19.9. The zero-order chi connectivity index (χ0) is 44.5. The summed E-state index contributed by atoms with van der Waals surface area (Å²) in [5.41, 5.74) is 1.23. The Kier molecular flexibility index (Phi) is 16.8. The molecule has 2 N–H and O–H groups in total. The first kappa shape index (κ1) is 48.6. The van der Waals surface area contributed by atoms with Crippen LogP contribution in [0.15, 0.2) is 24.8 Å². The maximum absolute atomic E-state index is 14.6. The molecule has 0 radical (unpaired) electrons. The number of amides is 1. The van der Waals surface area contributed by atoms with Crippen molar-refractivity contribution in [2.75, 3.05) is 24.9 Å². The molecule has 1 fully saturated rings. The highest BCUT2D eigenvalue weighted by atomic mass is 31.2. The van der Waals surface area contributed by atoms with Crippen molar-refractivity contribution < 1.29 is 38.0 Å². The summed E-state index contributed by atoms with van der Waals surface area (Å²) >= 11 is 0. The van der Waals surface area contributed by atoms with Crippen LogP contribution >= 0.6 is 7.44 Å². The van der Waals surface area contributed by atoms with E-state index in [2.05, 4.69) is 45.3 Å². The lowest BCUT2D eigenvalue weighted by Crippen LogP contribution is -2.77. The average Bonchev–Trinajstić information content (AvgIpc) is 3.55. The van der Waals surface area contributed by atoms with Crippen LogP contribution in [-0.4, -0.2) is 84.7 Å². The molecule has 15 nitrogen and oxygen atoms in total. The van der Waals surface area contributed by atoms with Crippen molar-refractivity contribution in [3.05, 3.63) is 47.0 Å². The highest BCUT2D eigenvalue weighted by Gasteiger charge is 2.68. The van der Waals surface area contributed by atoms with Crippen LogP contribution in [0.25, 0.3) is 11.2 Å². The molecule has 2 unspecified atom stereocenters. The Labute approximate surface area is 356 Å². The minimum Gasteiger partial charge on any atom is -0.464 e. The van der Waals surface area contributed by atoms with Gasteiger partial charge in [0.1, 0.15) is 24.0 Å². The third kappa shape index (κ3) is 11.7. The van der Waals surface area contributed by atoms with Gasteiger partial charge in [-0.1, -0.05) is 83.9 Å². The molecule has 2 aromatic heterocycles. The Bertz CT molecular complexity index is 2020. The van der Waals surface area contributed by atoms with Gasteiger partial charge in [-0.05, 0) is 83.4 Å². The summed E-state index contributed by atoms with van der Waals surface area (Å²) in [4.78, 5) is 66.1. The minimum absolute atomic E-state index is 0.0544. The smallest absolute Gasteiger partial charge is 0.342 e. The Morgan fingerprint density at radius 2 is 1.58 bits per heavy atom. The maximum atomic E-state index is 14.6. The highest BCUT2D eigenvalue weighted by Crippen LogP contribution is 2.63. The lowest BCUT2D eigenvalue weighted by atomic mass is 9.75. The Morgan fingerprint density at radius 1 is 0.933 bits per heavy atom. The summed E-state index contributed by atoms with van der Waals surface area (Å²) in [7, 11) is -3.68. The van der Waals surface area contributed by atoms with Crippen molar-refractivity contribution in [2.24, 2.45) is 0 Å². The highest BCUT2D eigenvalue weighted by molar-refractivity contribution is 7.61. The van der Waals surface area contributed by atoms with Gasteiger partial charge in [0.05, 0.1) is 32.2 Å². The van der Waals surface area contributed by atoms with E-state index in [9.17, 15) is 23.7 Å². The molecule has 60 heavy (non-hydrogen) atoms. The van der Waals surface area contributed by atoms with E-state index in [4.69, 9.17) is 14.2 Å². The number of carbonyl (C=O) groups is 4. The number of carbonyl (C=O) groups excluding carboxylic acids is 4. The van der Waals surface area contributed by atoms with Gasteiger partial charge in [0.15, 0.2) is 22.6 Å². The molecule has 3 heterocycles. The molecule has 1 saturated heterocycles. The molecule has 0 bridgehead atoms. The fourth-order valence-corrected chi connectivity index (χ4v) is 11.6. The summed E-state index contributed by atoms with van der Waals surface area (Å²) in [5.74, 6) is -1.17. The normalized spacial score (nSPS) is 18.9. The standard InChI is InChI=1S/C44H68N7O8P/c1-12-14-16-18-20-57-40(54)43(9,10)51-44(11,41(55)58-21-19-17-15-13-2)49-60(51,56)29-59-33(6)26-50-28-47-37-38(45-27-46-39(37)50)48-35(53)25-42(7,8)36-31(4)22-30(3)23-34(36)24-32(5)52/h22-23,27-28,33H,12-21,24-26,29H2,1-11H3,(H,49,56)(H,45,46,48,53)/t33-,44?,60?/m1/s1. The summed E-state index contributed by atoms with van der Waals surface area (Å²) in [6.45, 7) is 21.0. The molecule has 1 amide bonds. The molecule has 1 aliphatic rings. The van der Waals surface area contributed by atoms with Crippen LogP contribution in [0.4, 0.5) is 5.82 Å². The quantitative estimate of drug-likeness (QED) is 0.0501. The number of ether oxygens (including phenoxy) is 3. The van der Waals surface area contributed by atoms with E-state index in [0.29, 0.717) is 30.4 Å². The van der Waals surface area contributed by atoms with Gasteiger partial charge in [-0.25, -0.2) is 24.8 Å². The Hall–Kier alpha value is -4.04. The number of hydrogen-bond donors (Lipinski definition) is 2. The SMILES string of the molecule is CCCCCCOC(=O)C(C)(C)N1C(C)(C(=O)OCCCCCC)NP1(=O)CO[C@H](C)Cn1cnc2c(NC(=O)CC(C)(C)c3c(C)cc(C)cc3CC(C)=O)ncnc21. The largest absolute Gasteiger partial charge is 0.464 e. The fourth-order valence-electron chi connectivity index (χ4n) is 8.45. The molecular weight excluding hydrogens is 785 g/mol. The third-order valence-corrected chi connectivity index (χ3v) is 13.8. The van der Waals surface area contributed by atoms with E-state index in [1.807, 2.05) is 33.8 Å². The zero-order valence-corrected chi connectivity index (χ0v) is 38.6. The number of nitrogens with one attached hydrogen (secondary N) is 2. The van der Waals surface area contributed by atoms with Gasteiger partial charge < -0.3 is 24.1 Å². The molecule has 0 spiro atoms. The van der Waals surface area contributed by atoms with E-state index in [1.54, 1.807) is 45.5 Å². The number of nitrogens with zero attached hydrogens (tertiary/aromatic N) is 5. The monoisotopic (exact) mass is 853 g/mol. The number of rotatable bonds is 24. The lowest BCUT2D eigenvalue weighted by molar-refractivity contribution is -0.170.